The molecule has 0 unspecified atom stereocenters. The third-order valence-electron chi connectivity index (χ3n) is 7.71. The lowest BCUT2D eigenvalue weighted by atomic mass is 9.66. The molecule has 1 fully saturated rings. The Kier molecular flexibility index (Phi) is 6.88. The van der Waals surface area contributed by atoms with Gasteiger partial charge >= 0.3 is 12.1 Å². The monoisotopic (exact) mass is 478 g/mol. The van der Waals surface area contributed by atoms with Gasteiger partial charge in [-0.3, -0.25) is 4.79 Å². The molecular formula is C28H34N2O5. The van der Waals surface area contributed by atoms with E-state index in [4.69, 9.17) is 4.74 Å². The molecule has 0 aliphatic heterocycles. The number of carboxylic acids is 1. The molecule has 4 rings (SSSR count). The van der Waals surface area contributed by atoms with Crippen molar-refractivity contribution in [3.63, 3.8) is 0 Å². The zero-order valence-electron chi connectivity index (χ0n) is 20.7. The highest BCUT2D eigenvalue weighted by Crippen LogP contribution is 2.45. The minimum Gasteiger partial charge on any atom is -0.480 e. The summed E-state index contributed by atoms with van der Waals surface area (Å²) in [5.74, 6) is -1.25. The summed E-state index contributed by atoms with van der Waals surface area (Å²) in [7, 11) is 0. The summed E-state index contributed by atoms with van der Waals surface area (Å²) in [6.07, 6.45) is 2.32. The van der Waals surface area contributed by atoms with Crippen LogP contribution in [0.1, 0.15) is 63.5 Å². The number of likely N-dealkylation sites (N-methyl/N-ethyl adjacent to an activating group) is 1. The molecule has 1 saturated carbocycles. The van der Waals surface area contributed by atoms with Crippen LogP contribution < -0.4 is 5.32 Å². The van der Waals surface area contributed by atoms with Gasteiger partial charge in [0.2, 0.25) is 5.91 Å². The summed E-state index contributed by atoms with van der Waals surface area (Å²) in [5, 5.41) is 12.4. The second-order valence-corrected chi connectivity index (χ2v) is 10.2. The van der Waals surface area contributed by atoms with Gasteiger partial charge in [0.15, 0.2) is 0 Å². The number of rotatable bonds is 9. The molecular weight excluding hydrogens is 444 g/mol. The van der Waals surface area contributed by atoms with Crippen molar-refractivity contribution in [3.8, 4) is 11.1 Å². The fourth-order valence-electron chi connectivity index (χ4n) is 5.42. The molecule has 2 aromatic rings. The van der Waals surface area contributed by atoms with E-state index in [1.807, 2.05) is 24.3 Å². The van der Waals surface area contributed by atoms with Gasteiger partial charge in [0.25, 0.3) is 0 Å². The van der Waals surface area contributed by atoms with E-state index in [0.29, 0.717) is 13.1 Å². The van der Waals surface area contributed by atoms with Crippen molar-refractivity contribution in [2.24, 2.45) is 5.41 Å². The summed E-state index contributed by atoms with van der Waals surface area (Å²) < 4.78 is 5.64. The minimum absolute atomic E-state index is 0.0104. The number of ether oxygens (including phenoxy) is 1. The summed E-state index contributed by atoms with van der Waals surface area (Å²) in [5.41, 5.74) is 3.02. The highest BCUT2D eigenvalue weighted by molar-refractivity contribution is 5.87. The first-order valence-electron chi connectivity index (χ1n) is 12.3. The summed E-state index contributed by atoms with van der Waals surface area (Å²) in [6, 6.07) is 16.4. The van der Waals surface area contributed by atoms with Crippen LogP contribution in [0.5, 0.6) is 0 Å². The van der Waals surface area contributed by atoms with Gasteiger partial charge in [-0.1, -0.05) is 55.0 Å². The topological polar surface area (TPSA) is 95.9 Å². The van der Waals surface area contributed by atoms with Gasteiger partial charge in [-0.2, -0.15) is 0 Å². The average Bonchev–Trinajstić information content (AvgIpc) is 3.13. The SMILES string of the molecule is CCN(C(=O)CC1(CNC(=O)OCC2c3ccccc3-c3ccccc32)CCC1)C(C)(C)C(=O)O. The Hall–Kier alpha value is -3.35. The van der Waals surface area contributed by atoms with Crippen molar-refractivity contribution in [2.75, 3.05) is 19.7 Å². The van der Waals surface area contributed by atoms with E-state index in [9.17, 15) is 19.5 Å². The number of aliphatic carboxylic acids is 1. The number of carbonyl (C=O) groups excluding carboxylic acids is 2. The zero-order valence-corrected chi connectivity index (χ0v) is 20.7. The van der Waals surface area contributed by atoms with Crippen LogP contribution in [-0.4, -0.2) is 53.2 Å². The first kappa shape index (κ1) is 24.8. The number of hydrogen-bond acceptors (Lipinski definition) is 4. The molecule has 7 nitrogen and oxygen atoms in total. The van der Waals surface area contributed by atoms with Crippen LogP contribution >= 0.6 is 0 Å². The molecule has 0 spiro atoms. The van der Waals surface area contributed by atoms with E-state index in [1.165, 1.54) is 16.0 Å². The van der Waals surface area contributed by atoms with Crippen molar-refractivity contribution in [1.82, 2.24) is 10.2 Å². The van der Waals surface area contributed by atoms with Gasteiger partial charge < -0.3 is 20.1 Å². The van der Waals surface area contributed by atoms with E-state index in [2.05, 4.69) is 29.6 Å². The standard InChI is InChI=1S/C28H34N2O5/c1-4-30(27(2,3)25(32)33)24(31)16-28(14-9-15-28)18-29-26(34)35-17-23-21-12-7-5-10-19(21)20-11-6-8-13-22(20)23/h5-8,10-13,23H,4,9,14-18H2,1-3H3,(H,29,34)(H,32,33). The highest BCUT2D eigenvalue weighted by atomic mass is 16.5. The maximum Gasteiger partial charge on any atom is 0.407 e. The first-order chi connectivity index (χ1) is 16.7. The lowest BCUT2D eigenvalue weighted by Crippen LogP contribution is -2.55. The molecule has 0 saturated heterocycles. The lowest BCUT2D eigenvalue weighted by Gasteiger charge is -2.44. The Morgan fingerprint density at radius 1 is 1.06 bits per heavy atom. The number of fused-ring (bicyclic) bond motifs is 3. The Morgan fingerprint density at radius 3 is 2.11 bits per heavy atom. The van der Waals surface area contributed by atoms with Crippen LogP contribution in [0.15, 0.2) is 48.5 Å². The van der Waals surface area contributed by atoms with Crippen molar-refractivity contribution in [3.05, 3.63) is 59.7 Å². The third kappa shape index (κ3) is 4.77. The summed E-state index contributed by atoms with van der Waals surface area (Å²) in [6.45, 7) is 5.75. The van der Waals surface area contributed by atoms with Crippen molar-refractivity contribution in [1.29, 1.82) is 0 Å². The molecule has 0 radical (unpaired) electrons. The van der Waals surface area contributed by atoms with Gasteiger partial charge in [0, 0.05) is 25.4 Å². The number of amides is 2. The molecule has 2 aliphatic rings. The summed E-state index contributed by atoms with van der Waals surface area (Å²) >= 11 is 0. The highest BCUT2D eigenvalue weighted by Gasteiger charge is 2.44. The number of nitrogens with one attached hydrogen (secondary N) is 1. The van der Waals surface area contributed by atoms with Crippen molar-refractivity contribution in [2.45, 2.75) is 57.9 Å². The Labute approximate surface area is 206 Å². The Balaban J connectivity index is 1.35. The van der Waals surface area contributed by atoms with Gasteiger partial charge in [0.1, 0.15) is 12.1 Å². The van der Waals surface area contributed by atoms with Crippen LogP contribution in [0.2, 0.25) is 0 Å². The molecule has 2 aromatic carbocycles. The van der Waals surface area contributed by atoms with Crippen LogP contribution in [0.4, 0.5) is 4.79 Å². The predicted octanol–water partition coefficient (Wildman–Crippen LogP) is 4.80. The molecule has 35 heavy (non-hydrogen) atoms. The van der Waals surface area contributed by atoms with E-state index in [0.717, 1.165) is 30.4 Å². The summed E-state index contributed by atoms with van der Waals surface area (Å²) in [4.78, 5) is 38.7. The predicted molar refractivity (Wildman–Crippen MR) is 133 cm³/mol. The van der Waals surface area contributed by atoms with E-state index in [-0.39, 0.29) is 30.3 Å². The lowest BCUT2D eigenvalue weighted by molar-refractivity contribution is -0.158. The van der Waals surface area contributed by atoms with Crippen LogP contribution in [0.25, 0.3) is 11.1 Å². The minimum atomic E-state index is -1.28. The van der Waals surface area contributed by atoms with E-state index >= 15 is 0 Å². The fraction of sp³-hybridized carbons (Fsp3) is 0.464. The molecule has 2 aliphatic carbocycles. The van der Waals surface area contributed by atoms with Gasteiger partial charge in [-0.05, 0) is 61.3 Å². The second-order valence-electron chi connectivity index (χ2n) is 10.2. The zero-order chi connectivity index (χ0) is 25.2. The number of nitrogens with zero attached hydrogens (tertiary/aromatic N) is 1. The number of alkyl carbamates (subject to hydrolysis) is 1. The molecule has 2 N–H and O–H groups in total. The quantitative estimate of drug-likeness (QED) is 0.540. The number of carbonyl (C=O) groups is 3. The maximum atomic E-state index is 13.0. The number of benzene rings is 2. The molecule has 0 bridgehead atoms. The fourth-order valence-corrected chi connectivity index (χ4v) is 5.42. The smallest absolute Gasteiger partial charge is 0.407 e. The maximum absolute atomic E-state index is 13.0. The van der Waals surface area contributed by atoms with Crippen molar-refractivity contribution >= 4 is 18.0 Å². The molecule has 2 amide bonds. The van der Waals surface area contributed by atoms with Gasteiger partial charge in [-0.25, -0.2) is 9.59 Å². The largest absolute Gasteiger partial charge is 0.480 e. The molecule has 0 heterocycles. The molecule has 7 heteroatoms. The number of carboxylic acid groups (broad SMARTS) is 1. The molecule has 0 atom stereocenters. The molecule has 0 aromatic heterocycles. The van der Waals surface area contributed by atoms with E-state index < -0.39 is 17.6 Å². The van der Waals surface area contributed by atoms with E-state index in [1.54, 1.807) is 20.8 Å². The second kappa shape index (κ2) is 9.72. The Morgan fingerprint density at radius 2 is 1.63 bits per heavy atom. The molecule has 186 valence electrons. The van der Waals surface area contributed by atoms with Crippen LogP contribution in [0.3, 0.4) is 0 Å². The van der Waals surface area contributed by atoms with Gasteiger partial charge in [-0.15, -0.1) is 0 Å². The van der Waals surface area contributed by atoms with Crippen molar-refractivity contribution < 1.29 is 24.2 Å². The van der Waals surface area contributed by atoms with Crippen LogP contribution in [-0.2, 0) is 14.3 Å². The Bertz CT molecular complexity index is 1080. The third-order valence-corrected chi connectivity index (χ3v) is 7.71. The number of hydrogen-bond donors (Lipinski definition) is 2. The van der Waals surface area contributed by atoms with Gasteiger partial charge in [0.05, 0.1) is 0 Å². The first-order valence-corrected chi connectivity index (χ1v) is 12.3. The normalized spacial score (nSPS) is 16.0. The van der Waals surface area contributed by atoms with Crippen LogP contribution in [0, 0.1) is 5.41 Å². The average molecular weight is 479 g/mol.